The van der Waals surface area contributed by atoms with E-state index in [1.54, 1.807) is 0 Å². The molecule has 1 aliphatic carbocycles. The predicted octanol–water partition coefficient (Wildman–Crippen LogP) is 8.86. The molecule has 38 heavy (non-hydrogen) atoms. The first-order valence-corrected chi connectivity index (χ1v) is 13.5. The summed E-state index contributed by atoms with van der Waals surface area (Å²) in [6.07, 6.45) is 4.77. The molecule has 4 aromatic carbocycles. The van der Waals surface area contributed by atoms with Crippen LogP contribution in [0, 0.1) is 5.92 Å². The van der Waals surface area contributed by atoms with Crippen molar-refractivity contribution in [3.05, 3.63) is 108 Å². The minimum Gasteiger partial charge on any atom is -0.457 e. The zero-order valence-electron chi connectivity index (χ0n) is 22.6. The molecule has 0 aromatic heterocycles. The number of nitrogen functional groups attached to an aromatic ring is 2. The first kappa shape index (κ1) is 25.7. The van der Waals surface area contributed by atoms with Gasteiger partial charge >= 0.3 is 0 Å². The van der Waals surface area contributed by atoms with Crippen molar-refractivity contribution in [1.29, 1.82) is 0 Å². The summed E-state index contributed by atoms with van der Waals surface area (Å²) in [6.45, 7) is 7.19. The molecule has 4 heteroatoms. The summed E-state index contributed by atoms with van der Waals surface area (Å²) < 4.78 is 12.0. The molecular formula is C34H38N2O2. The highest BCUT2D eigenvalue weighted by Gasteiger charge is 2.39. The Kier molecular flexibility index (Phi) is 7.07. The number of hydrogen-bond acceptors (Lipinski definition) is 4. The molecule has 0 radical (unpaired) electrons. The Morgan fingerprint density at radius 3 is 1.39 bits per heavy atom. The third-order valence-electron chi connectivity index (χ3n) is 8.49. The smallest absolute Gasteiger partial charge is 0.127 e. The van der Waals surface area contributed by atoms with Gasteiger partial charge < -0.3 is 20.9 Å². The maximum absolute atomic E-state index is 6.00. The van der Waals surface area contributed by atoms with Crippen LogP contribution in [0.3, 0.4) is 0 Å². The fourth-order valence-corrected chi connectivity index (χ4v) is 5.72. The Morgan fingerprint density at radius 1 is 0.605 bits per heavy atom. The van der Waals surface area contributed by atoms with Crippen molar-refractivity contribution in [2.75, 3.05) is 11.5 Å². The van der Waals surface area contributed by atoms with Gasteiger partial charge in [0.15, 0.2) is 0 Å². The number of hydrogen-bond donors (Lipinski definition) is 2. The molecule has 0 bridgehead atoms. The predicted molar refractivity (Wildman–Crippen MR) is 157 cm³/mol. The Labute approximate surface area is 226 Å². The maximum Gasteiger partial charge on any atom is 0.127 e. The Bertz CT molecular complexity index is 1330. The molecule has 4 nitrogen and oxygen atoms in total. The number of anilines is 2. The lowest BCUT2D eigenvalue weighted by molar-refractivity contribution is 0.178. The molecule has 0 atom stereocenters. The zero-order chi connectivity index (χ0) is 26.8. The van der Waals surface area contributed by atoms with Gasteiger partial charge in [-0.2, -0.15) is 0 Å². The number of rotatable bonds is 7. The minimum atomic E-state index is 0.0951. The van der Waals surface area contributed by atoms with Crippen LogP contribution in [-0.2, 0) is 10.8 Å². The normalized spacial score (nSPS) is 19.6. The first-order valence-electron chi connectivity index (χ1n) is 13.5. The maximum atomic E-state index is 6.00. The van der Waals surface area contributed by atoms with E-state index >= 15 is 0 Å². The van der Waals surface area contributed by atoms with Gasteiger partial charge in [-0.25, -0.2) is 0 Å². The first-order chi connectivity index (χ1) is 18.2. The molecule has 4 aromatic rings. The molecule has 1 aliphatic rings. The fourth-order valence-electron chi connectivity index (χ4n) is 5.72. The van der Waals surface area contributed by atoms with Crippen molar-refractivity contribution in [3.8, 4) is 23.0 Å². The monoisotopic (exact) mass is 506 g/mol. The van der Waals surface area contributed by atoms with Gasteiger partial charge in [-0.3, -0.25) is 0 Å². The van der Waals surface area contributed by atoms with Crippen molar-refractivity contribution in [3.63, 3.8) is 0 Å². The van der Waals surface area contributed by atoms with Gasteiger partial charge in [0.2, 0.25) is 0 Å². The van der Waals surface area contributed by atoms with Gasteiger partial charge in [0.25, 0.3) is 0 Å². The molecule has 1 saturated carbocycles. The molecule has 196 valence electrons. The molecule has 0 unspecified atom stereocenters. The summed E-state index contributed by atoms with van der Waals surface area (Å²) in [5, 5.41) is 0. The molecule has 4 N–H and O–H groups in total. The SMILES string of the molecule is CC1(c2ccc(Oc3ccc(N)cc3)cc2)CCC(C(C)(C)c2ccc(Oc3ccc(N)cc3)cc2)CC1. The van der Waals surface area contributed by atoms with Gasteiger partial charge in [-0.05, 0) is 126 Å². The molecular weight excluding hydrogens is 468 g/mol. The number of ether oxygens (including phenoxy) is 2. The number of nitrogens with two attached hydrogens (primary N) is 2. The van der Waals surface area contributed by atoms with E-state index in [1.807, 2.05) is 48.5 Å². The molecule has 0 amide bonds. The zero-order valence-corrected chi connectivity index (χ0v) is 22.6. The van der Waals surface area contributed by atoms with Gasteiger partial charge in [-0.15, -0.1) is 0 Å². The highest BCUT2D eigenvalue weighted by molar-refractivity contribution is 5.45. The molecule has 0 aliphatic heterocycles. The summed E-state index contributed by atoms with van der Waals surface area (Å²) in [7, 11) is 0. The van der Waals surface area contributed by atoms with E-state index < -0.39 is 0 Å². The van der Waals surface area contributed by atoms with Crippen LogP contribution >= 0.6 is 0 Å². The van der Waals surface area contributed by atoms with Crippen LogP contribution in [0.4, 0.5) is 11.4 Å². The number of benzene rings is 4. The molecule has 0 spiro atoms. The minimum absolute atomic E-state index is 0.0951. The van der Waals surface area contributed by atoms with Crippen molar-refractivity contribution in [2.24, 2.45) is 5.92 Å². The van der Waals surface area contributed by atoms with Crippen LogP contribution in [0.25, 0.3) is 0 Å². The van der Waals surface area contributed by atoms with Gasteiger partial charge in [0.05, 0.1) is 0 Å². The van der Waals surface area contributed by atoms with Crippen LogP contribution in [0.2, 0.25) is 0 Å². The lowest BCUT2D eigenvalue weighted by Crippen LogP contribution is -2.36. The molecule has 0 heterocycles. The van der Waals surface area contributed by atoms with E-state index in [0.717, 1.165) is 34.4 Å². The van der Waals surface area contributed by atoms with E-state index in [-0.39, 0.29) is 10.8 Å². The highest BCUT2D eigenvalue weighted by atomic mass is 16.5. The van der Waals surface area contributed by atoms with Crippen LogP contribution < -0.4 is 20.9 Å². The second-order valence-electron chi connectivity index (χ2n) is 11.4. The van der Waals surface area contributed by atoms with Crippen LogP contribution in [-0.4, -0.2) is 0 Å². The molecule has 0 saturated heterocycles. The van der Waals surface area contributed by atoms with E-state index in [0.29, 0.717) is 5.92 Å². The average Bonchev–Trinajstić information content (AvgIpc) is 2.92. The third kappa shape index (κ3) is 5.65. The van der Waals surface area contributed by atoms with Crippen LogP contribution in [0.5, 0.6) is 23.0 Å². The average molecular weight is 507 g/mol. The lowest BCUT2D eigenvalue weighted by Gasteiger charge is -2.44. The van der Waals surface area contributed by atoms with Gasteiger partial charge in [-0.1, -0.05) is 45.0 Å². The van der Waals surface area contributed by atoms with E-state index in [1.165, 1.54) is 36.8 Å². The van der Waals surface area contributed by atoms with E-state index in [9.17, 15) is 0 Å². The van der Waals surface area contributed by atoms with Gasteiger partial charge in [0.1, 0.15) is 23.0 Å². The van der Waals surface area contributed by atoms with E-state index in [2.05, 4.69) is 69.3 Å². The summed E-state index contributed by atoms with van der Waals surface area (Å²) in [6, 6.07) is 32.2. The van der Waals surface area contributed by atoms with Gasteiger partial charge in [0, 0.05) is 11.4 Å². The summed E-state index contributed by atoms with van der Waals surface area (Å²) in [4.78, 5) is 0. The second kappa shape index (κ2) is 10.4. The van der Waals surface area contributed by atoms with Crippen molar-refractivity contribution in [1.82, 2.24) is 0 Å². The highest BCUT2D eigenvalue weighted by Crippen LogP contribution is 2.48. The second-order valence-corrected chi connectivity index (χ2v) is 11.4. The van der Waals surface area contributed by atoms with Crippen molar-refractivity contribution in [2.45, 2.75) is 57.3 Å². The quantitative estimate of drug-likeness (QED) is 0.246. The van der Waals surface area contributed by atoms with Crippen molar-refractivity contribution < 1.29 is 9.47 Å². The topological polar surface area (TPSA) is 70.5 Å². The molecule has 5 rings (SSSR count). The summed E-state index contributed by atoms with van der Waals surface area (Å²) >= 11 is 0. The lowest BCUT2D eigenvalue weighted by atomic mass is 9.60. The summed E-state index contributed by atoms with van der Waals surface area (Å²) in [5.41, 5.74) is 16.1. The summed E-state index contributed by atoms with van der Waals surface area (Å²) in [5.74, 6) is 3.91. The molecule has 1 fully saturated rings. The van der Waals surface area contributed by atoms with Crippen LogP contribution in [0.15, 0.2) is 97.1 Å². The Hall–Kier alpha value is -3.92. The Balaban J connectivity index is 1.20. The van der Waals surface area contributed by atoms with E-state index in [4.69, 9.17) is 20.9 Å². The van der Waals surface area contributed by atoms with Crippen molar-refractivity contribution >= 4 is 11.4 Å². The fraction of sp³-hybridized carbons (Fsp3) is 0.294. The largest absolute Gasteiger partial charge is 0.457 e. The third-order valence-corrected chi connectivity index (χ3v) is 8.49. The van der Waals surface area contributed by atoms with Crippen LogP contribution in [0.1, 0.15) is 57.6 Å². The standard InChI is InChI=1S/C34H38N2O2/c1-33(2,24-4-12-29(13-5-24)37-31-16-8-27(35)9-17-31)25-20-22-34(3,23-21-25)26-6-14-30(15-7-26)38-32-18-10-28(36)11-19-32/h4-19,25H,20-23,35-36H2,1-3H3. The Morgan fingerprint density at radius 2 is 0.974 bits per heavy atom.